The van der Waals surface area contributed by atoms with Crippen molar-refractivity contribution < 1.29 is 4.79 Å². The Hall–Kier alpha value is -1.51. The molecule has 0 unspecified atom stereocenters. The maximum Gasteiger partial charge on any atom is 0.321 e. The lowest BCUT2D eigenvalue weighted by Gasteiger charge is -2.42. The number of benzene rings is 1. The van der Waals surface area contributed by atoms with Crippen LogP contribution in [0.25, 0.3) is 0 Å². The summed E-state index contributed by atoms with van der Waals surface area (Å²) >= 11 is 0. The molecule has 0 saturated carbocycles. The zero-order valence-corrected chi connectivity index (χ0v) is 12.0. The molecule has 1 N–H and O–H groups in total. The summed E-state index contributed by atoms with van der Waals surface area (Å²) in [6.45, 7) is 6.24. The van der Waals surface area contributed by atoms with Crippen LogP contribution in [0.4, 0.5) is 10.5 Å². The third-order valence-corrected chi connectivity index (χ3v) is 4.47. The van der Waals surface area contributed by atoms with E-state index in [2.05, 4.69) is 19.2 Å². The predicted molar refractivity (Wildman–Crippen MR) is 79.3 cm³/mol. The molecule has 1 heterocycles. The molecule has 1 aromatic rings. The first kappa shape index (κ1) is 13.9. The summed E-state index contributed by atoms with van der Waals surface area (Å²) in [5, 5.41) is 2.98. The highest BCUT2D eigenvalue weighted by Crippen LogP contribution is 2.36. The van der Waals surface area contributed by atoms with Crippen LogP contribution in [-0.2, 0) is 0 Å². The topological polar surface area (TPSA) is 32.3 Å². The molecule has 1 saturated heterocycles. The number of urea groups is 1. The maximum absolute atomic E-state index is 12.3. The third-order valence-electron chi connectivity index (χ3n) is 4.47. The molecule has 0 aromatic heterocycles. The van der Waals surface area contributed by atoms with Crippen LogP contribution in [0.5, 0.6) is 0 Å². The van der Waals surface area contributed by atoms with Gasteiger partial charge < -0.3 is 10.2 Å². The van der Waals surface area contributed by atoms with Crippen molar-refractivity contribution in [3.63, 3.8) is 0 Å². The van der Waals surface area contributed by atoms with Crippen molar-refractivity contribution >= 4 is 11.7 Å². The molecule has 2 rings (SSSR count). The molecule has 104 valence electrons. The van der Waals surface area contributed by atoms with Gasteiger partial charge in [0.25, 0.3) is 0 Å². The van der Waals surface area contributed by atoms with Crippen LogP contribution in [0.2, 0.25) is 0 Å². The van der Waals surface area contributed by atoms with Gasteiger partial charge in [-0.2, -0.15) is 0 Å². The maximum atomic E-state index is 12.3. The average molecular weight is 260 g/mol. The first-order valence-corrected chi connectivity index (χ1v) is 7.30. The average Bonchev–Trinajstić information content (AvgIpc) is 2.48. The fraction of sp³-hybridized carbons (Fsp3) is 0.562. The van der Waals surface area contributed by atoms with Crippen LogP contribution >= 0.6 is 0 Å². The summed E-state index contributed by atoms with van der Waals surface area (Å²) in [5.74, 6) is 0. The predicted octanol–water partition coefficient (Wildman–Crippen LogP) is 4.12. The van der Waals surface area contributed by atoms with Gasteiger partial charge in [-0.25, -0.2) is 4.79 Å². The SMILES string of the molecule is CCC1(CC)CCCN(C(=O)Nc2ccccc2)C1. The number of piperidine rings is 1. The van der Waals surface area contributed by atoms with E-state index in [0.717, 1.165) is 38.0 Å². The van der Waals surface area contributed by atoms with Gasteiger partial charge in [0.1, 0.15) is 0 Å². The number of para-hydroxylation sites is 1. The highest BCUT2D eigenvalue weighted by Gasteiger charge is 2.34. The number of hydrogen-bond donors (Lipinski definition) is 1. The Morgan fingerprint density at radius 1 is 1.26 bits per heavy atom. The van der Waals surface area contributed by atoms with Crippen LogP contribution in [-0.4, -0.2) is 24.0 Å². The highest BCUT2D eigenvalue weighted by atomic mass is 16.2. The van der Waals surface area contributed by atoms with E-state index in [1.807, 2.05) is 35.2 Å². The quantitative estimate of drug-likeness (QED) is 0.871. The van der Waals surface area contributed by atoms with Gasteiger partial charge in [0.15, 0.2) is 0 Å². The van der Waals surface area contributed by atoms with Crippen molar-refractivity contribution in [3.8, 4) is 0 Å². The molecular formula is C16H24N2O. The third kappa shape index (κ3) is 3.28. The van der Waals surface area contributed by atoms with Gasteiger partial charge >= 0.3 is 6.03 Å². The largest absolute Gasteiger partial charge is 0.324 e. The molecular weight excluding hydrogens is 236 g/mol. The molecule has 0 spiro atoms. The summed E-state index contributed by atoms with van der Waals surface area (Å²) in [5.41, 5.74) is 1.20. The monoisotopic (exact) mass is 260 g/mol. The number of nitrogens with zero attached hydrogens (tertiary/aromatic N) is 1. The normalized spacial score (nSPS) is 18.1. The summed E-state index contributed by atoms with van der Waals surface area (Å²) < 4.78 is 0. The number of rotatable bonds is 3. The van der Waals surface area contributed by atoms with E-state index in [4.69, 9.17) is 0 Å². The van der Waals surface area contributed by atoms with Crippen molar-refractivity contribution in [2.45, 2.75) is 39.5 Å². The molecule has 0 aliphatic carbocycles. The molecule has 1 aliphatic heterocycles. The minimum atomic E-state index is 0.0391. The van der Waals surface area contributed by atoms with Crippen molar-refractivity contribution in [1.82, 2.24) is 4.90 Å². The number of nitrogens with one attached hydrogen (secondary N) is 1. The lowest BCUT2D eigenvalue weighted by atomic mass is 9.75. The van der Waals surface area contributed by atoms with E-state index in [1.165, 1.54) is 6.42 Å². The minimum Gasteiger partial charge on any atom is -0.324 e. The van der Waals surface area contributed by atoms with E-state index < -0.39 is 0 Å². The summed E-state index contributed by atoms with van der Waals surface area (Å²) in [6, 6.07) is 9.72. The van der Waals surface area contributed by atoms with Gasteiger partial charge in [0, 0.05) is 18.8 Å². The molecule has 3 heteroatoms. The van der Waals surface area contributed by atoms with E-state index >= 15 is 0 Å². The summed E-state index contributed by atoms with van der Waals surface area (Å²) in [7, 11) is 0. The number of carbonyl (C=O) groups is 1. The van der Waals surface area contributed by atoms with E-state index in [-0.39, 0.29) is 6.03 Å². The first-order valence-electron chi connectivity index (χ1n) is 7.30. The van der Waals surface area contributed by atoms with Gasteiger partial charge in [-0.1, -0.05) is 32.0 Å². The second-order valence-electron chi connectivity index (χ2n) is 5.53. The Morgan fingerprint density at radius 3 is 2.58 bits per heavy atom. The molecule has 1 fully saturated rings. The summed E-state index contributed by atoms with van der Waals surface area (Å²) in [4.78, 5) is 14.3. The molecule has 1 aliphatic rings. The Morgan fingerprint density at radius 2 is 1.95 bits per heavy atom. The van der Waals surface area contributed by atoms with Crippen LogP contribution in [0.15, 0.2) is 30.3 Å². The number of carbonyl (C=O) groups excluding carboxylic acids is 1. The van der Waals surface area contributed by atoms with Gasteiger partial charge in [-0.05, 0) is 43.2 Å². The number of hydrogen-bond acceptors (Lipinski definition) is 1. The smallest absolute Gasteiger partial charge is 0.321 e. The van der Waals surface area contributed by atoms with Crippen LogP contribution in [0.3, 0.4) is 0 Å². The van der Waals surface area contributed by atoms with Crippen molar-refractivity contribution in [3.05, 3.63) is 30.3 Å². The summed E-state index contributed by atoms with van der Waals surface area (Å²) in [6.07, 6.45) is 4.66. The Bertz CT molecular complexity index is 412. The van der Waals surface area contributed by atoms with Crippen LogP contribution in [0.1, 0.15) is 39.5 Å². The lowest BCUT2D eigenvalue weighted by Crippen LogP contribution is -2.47. The van der Waals surface area contributed by atoms with Crippen molar-refractivity contribution in [1.29, 1.82) is 0 Å². The van der Waals surface area contributed by atoms with Gasteiger partial charge in [-0.3, -0.25) is 0 Å². The standard InChI is InChI=1S/C16H24N2O/c1-3-16(4-2)11-8-12-18(13-16)15(19)17-14-9-6-5-7-10-14/h5-7,9-10H,3-4,8,11-13H2,1-2H3,(H,17,19). The Labute approximate surface area is 116 Å². The van der Waals surface area contributed by atoms with E-state index in [0.29, 0.717) is 5.41 Å². The minimum absolute atomic E-state index is 0.0391. The van der Waals surface area contributed by atoms with Crippen LogP contribution in [0, 0.1) is 5.41 Å². The zero-order valence-electron chi connectivity index (χ0n) is 12.0. The fourth-order valence-electron chi connectivity index (χ4n) is 2.93. The molecule has 2 amide bonds. The van der Waals surface area contributed by atoms with Gasteiger partial charge in [0.2, 0.25) is 0 Å². The zero-order chi connectivity index (χ0) is 13.7. The first-order chi connectivity index (χ1) is 9.19. The fourth-order valence-corrected chi connectivity index (χ4v) is 2.93. The van der Waals surface area contributed by atoms with Crippen LogP contribution < -0.4 is 5.32 Å². The number of likely N-dealkylation sites (tertiary alicyclic amines) is 1. The second kappa shape index (κ2) is 6.09. The number of amides is 2. The molecule has 0 radical (unpaired) electrons. The van der Waals surface area contributed by atoms with E-state index in [1.54, 1.807) is 0 Å². The lowest BCUT2D eigenvalue weighted by molar-refractivity contribution is 0.103. The van der Waals surface area contributed by atoms with Gasteiger partial charge in [0.05, 0.1) is 0 Å². The molecule has 19 heavy (non-hydrogen) atoms. The van der Waals surface area contributed by atoms with Crippen molar-refractivity contribution in [2.75, 3.05) is 18.4 Å². The Balaban J connectivity index is 1.99. The second-order valence-corrected chi connectivity index (χ2v) is 5.53. The Kier molecular flexibility index (Phi) is 4.46. The van der Waals surface area contributed by atoms with E-state index in [9.17, 15) is 4.79 Å². The van der Waals surface area contributed by atoms with Gasteiger partial charge in [-0.15, -0.1) is 0 Å². The molecule has 0 atom stereocenters. The number of anilines is 1. The molecule has 3 nitrogen and oxygen atoms in total. The molecule has 1 aromatic carbocycles. The highest BCUT2D eigenvalue weighted by molar-refractivity contribution is 5.89. The molecule has 0 bridgehead atoms. The van der Waals surface area contributed by atoms with Crippen molar-refractivity contribution in [2.24, 2.45) is 5.41 Å².